The first kappa shape index (κ1) is 14.9. The van der Waals surface area contributed by atoms with Crippen LogP contribution in [0.3, 0.4) is 0 Å². The van der Waals surface area contributed by atoms with Crippen molar-refractivity contribution in [2.45, 2.75) is 38.4 Å². The van der Waals surface area contributed by atoms with E-state index in [1.807, 2.05) is 30.3 Å². The first-order valence-corrected chi connectivity index (χ1v) is 6.44. The molecule has 2 N–H and O–H groups in total. The SMILES string of the molecule is CC1(C)O[C@H](CO)[C@H](C(=O)NOCc2ccccc2)O1. The summed E-state index contributed by atoms with van der Waals surface area (Å²) in [5, 5.41) is 9.20. The summed E-state index contributed by atoms with van der Waals surface area (Å²) in [6.45, 7) is 3.34. The average Bonchev–Trinajstić information content (AvgIpc) is 2.75. The maximum atomic E-state index is 11.9. The van der Waals surface area contributed by atoms with Gasteiger partial charge in [-0.15, -0.1) is 0 Å². The Morgan fingerprint density at radius 3 is 2.70 bits per heavy atom. The summed E-state index contributed by atoms with van der Waals surface area (Å²) in [6.07, 6.45) is -1.57. The third-order valence-corrected chi connectivity index (χ3v) is 2.88. The molecule has 1 saturated heterocycles. The molecule has 110 valence electrons. The molecule has 2 rings (SSSR count). The summed E-state index contributed by atoms with van der Waals surface area (Å²) in [5.74, 6) is -1.36. The number of hydroxylamine groups is 1. The number of ether oxygens (including phenoxy) is 2. The smallest absolute Gasteiger partial charge is 0.275 e. The number of amides is 1. The van der Waals surface area contributed by atoms with Crippen LogP contribution in [0.25, 0.3) is 0 Å². The number of carbonyl (C=O) groups is 1. The van der Waals surface area contributed by atoms with E-state index in [0.717, 1.165) is 5.56 Å². The van der Waals surface area contributed by atoms with Crippen LogP contribution in [-0.4, -0.2) is 35.6 Å². The van der Waals surface area contributed by atoms with Crippen LogP contribution in [0.1, 0.15) is 19.4 Å². The van der Waals surface area contributed by atoms with Crippen molar-refractivity contribution in [2.75, 3.05) is 6.61 Å². The fraction of sp³-hybridized carbons (Fsp3) is 0.500. The topological polar surface area (TPSA) is 77.0 Å². The third-order valence-electron chi connectivity index (χ3n) is 2.88. The minimum absolute atomic E-state index is 0.257. The summed E-state index contributed by atoms with van der Waals surface area (Å²) < 4.78 is 10.9. The number of nitrogens with one attached hydrogen (secondary N) is 1. The van der Waals surface area contributed by atoms with Gasteiger partial charge in [0, 0.05) is 0 Å². The van der Waals surface area contributed by atoms with Gasteiger partial charge < -0.3 is 14.6 Å². The molecule has 1 aliphatic heterocycles. The van der Waals surface area contributed by atoms with E-state index in [0.29, 0.717) is 0 Å². The lowest BCUT2D eigenvalue weighted by molar-refractivity contribution is -0.163. The van der Waals surface area contributed by atoms with Crippen molar-refractivity contribution in [1.82, 2.24) is 5.48 Å². The van der Waals surface area contributed by atoms with Crippen molar-refractivity contribution in [1.29, 1.82) is 0 Å². The molecule has 0 spiro atoms. The van der Waals surface area contributed by atoms with Gasteiger partial charge in [-0.2, -0.15) is 0 Å². The van der Waals surface area contributed by atoms with Crippen LogP contribution in [0.2, 0.25) is 0 Å². The molecule has 20 heavy (non-hydrogen) atoms. The number of hydrogen-bond donors (Lipinski definition) is 2. The number of hydrogen-bond acceptors (Lipinski definition) is 5. The van der Waals surface area contributed by atoms with E-state index in [1.54, 1.807) is 13.8 Å². The second kappa shape index (κ2) is 6.32. The van der Waals surface area contributed by atoms with Gasteiger partial charge >= 0.3 is 0 Å². The molecule has 6 nitrogen and oxygen atoms in total. The molecular weight excluding hydrogens is 262 g/mol. The summed E-state index contributed by atoms with van der Waals surface area (Å²) in [7, 11) is 0. The zero-order valence-corrected chi connectivity index (χ0v) is 11.5. The summed E-state index contributed by atoms with van der Waals surface area (Å²) in [4.78, 5) is 17.1. The Bertz CT molecular complexity index is 448. The first-order chi connectivity index (χ1) is 9.52. The van der Waals surface area contributed by atoms with Gasteiger partial charge in [-0.3, -0.25) is 9.63 Å². The number of benzene rings is 1. The average molecular weight is 281 g/mol. The maximum absolute atomic E-state index is 11.9. The second-order valence-corrected chi connectivity index (χ2v) is 5.02. The molecule has 1 aromatic rings. The Morgan fingerprint density at radius 2 is 2.05 bits per heavy atom. The van der Waals surface area contributed by atoms with Crippen molar-refractivity contribution in [2.24, 2.45) is 0 Å². The molecule has 0 saturated carbocycles. The lowest BCUT2D eigenvalue weighted by Gasteiger charge is -2.16. The zero-order chi connectivity index (χ0) is 14.6. The van der Waals surface area contributed by atoms with Crippen molar-refractivity contribution in [3.05, 3.63) is 35.9 Å². The van der Waals surface area contributed by atoms with E-state index in [4.69, 9.17) is 14.3 Å². The predicted molar refractivity (Wildman–Crippen MR) is 70.3 cm³/mol. The quantitative estimate of drug-likeness (QED) is 0.779. The predicted octanol–water partition coefficient (Wildman–Crippen LogP) is 0.747. The Labute approximate surface area is 117 Å². The van der Waals surface area contributed by atoms with E-state index < -0.39 is 23.9 Å². The first-order valence-electron chi connectivity index (χ1n) is 6.44. The zero-order valence-electron chi connectivity index (χ0n) is 11.5. The second-order valence-electron chi connectivity index (χ2n) is 5.02. The van der Waals surface area contributed by atoms with E-state index in [2.05, 4.69) is 5.48 Å². The molecule has 1 amide bonds. The molecule has 1 fully saturated rings. The van der Waals surface area contributed by atoms with Crippen molar-refractivity contribution >= 4 is 5.91 Å². The van der Waals surface area contributed by atoms with Gasteiger partial charge in [-0.25, -0.2) is 5.48 Å². The highest BCUT2D eigenvalue weighted by atomic mass is 16.8. The monoisotopic (exact) mass is 281 g/mol. The van der Waals surface area contributed by atoms with Gasteiger partial charge in [0.05, 0.1) is 13.2 Å². The minimum Gasteiger partial charge on any atom is -0.394 e. The highest BCUT2D eigenvalue weighted by Gasteiger charge is 2.45. The summed E-state index contributed by atoms with van der Waals surface area (Å²) >= 11 is 0. The molecule has 0 radical (unpaired) electrons. The molecular formula is C14H19NO5. The van der Waals surface area contributed by atoms with Crippen molar-refractivity contribution in [3.8, 4) is 0 Å². The third kappa shape index (κ3) is 3.77. The van der Waals surface area contributed by atoms with E-state index in [9.17, 15) is 9.90 Å². The Hall–Kier alpha value is -1.47. The molecule has 0 aromatic heterocycles. The van der Waals surface area contributed by atoms with Crippen LogP contribution in [0.5, 0.6) is 0 Å². The lowest BCUT2D eigenvalue weighted by Crippen LogP contribution is -2.42. The Morgan fingerprint density at radius 1 is 1.35 bits per heavy atom. The largest absolute Gasteiger partial charge is 0.394 e. The van der Waals surface area contributed by atoms with Gasteiger partial charge in [-0.1, -0.05) is 30.3 Å². The number of carbonyl (C=O) groups excluding carboxylic acids is 1. The highest BCUT2D eigenvalue weighted by molar-refractivity contribution is 5.80. The summed E-state index contributed by atoms with van der Waals surface area (Å²) in [5.41, 5.74) is 3.26. The summed E-state index contributed by atoms with van der Waals surface area (Å²) in [6, 6.07) is 9.46. The van der Waals surface area contributed by atoms with Crippen LogP contribution in [-0.2, 0) is 25.7 Å². The van der Waals surface area contributed by atoms with Crippen LogP contribution in [0.15, 0.2) is 30.3 Å². The Balaban J connectivity index is 1.83. The molecule has 0 unspecified atom stereocenters. The lowest BCUT2D eigenvalue weighted by atomic mass is 10.2. The molecule has 0 aliphatic carbocycles. The van der Waals surface area contributed by atoms with E-state index in [1.165, 1.54) is 0 Å². The van der Waals surface area contributed by atoms with Crippen molar-refractivity contribution in [3.63, 3.8) is 0 Å². The van der Waals surface area contributed by atoms with Gasteiger partial charge in [-0.05, 0) is 19.4 Å². The highest BCUT2D eigenvalue weighted by Crippen LogP contribution is 2.27. The van der Waals surface area contributed by atoms with E-state index in [-0.39, 0.29) is 13.2 Å². The van der Waals surface area contributed by atoms with Gasteiger partial charge in [0.25, 0.3) is 5.91 Å². The number of rotatable bonds is 5. The maximum Gasteiger partial charge on any atom is 0.275 e. The van der Waals surface area contributed by atoms with Crippen LogP contribution in [0.4, 0.5) is 0 Å². The molecule has 1 heterocycles. The van der Waals surface area contributed by atoms with Gasteiger partial charge in [0.15, 0.2) is 11.9 Å². The minimum atomic E-state index is -0.894. The Kier molecular flexibility index (Phi) is 4.72. The molecule has 1 aromatic carbocycles. The number of aliphatic hydroxyl groups is 1. The van der Waals surface area contributed by atoms with Gasteiger partial charge in [0.1, 0.15) is 6.10 Å². The molecule has 1 aliphatic rings. The normalized spacial score (nSPS) is 24.6. The molecule has 6 heteroatoms. The van der Waals surface area contributed by atoms with Gasteiger partial charge in [0.2, 0.25) is 0 Å². The van der Waals surface area contributed by atoms with E-state index >= 15 is 0 Å². The fourth-order valence-electron chi connectivity index (χ4n) is 2.01. The molecule has 2 atom stereocenters. The van der Waals surface area contributed by atoms with Crippen LogP contribution < -0.4 is 5.48 Å². The number of aliphatic hydroxyl groups excluding tert-OH is 1. The van der Waals surface area contributed by atoms with Crippen LogP contribution in [0, 0.1) is 0 Å². The van der Waals surface area contributed by atoms with Crippen molar-refractivity contribution < 1.29 is 24.2 Å². The van der Waals surface area contributed by atoms with Crippen LogP contribution >= 0.6 is 0 Å². The fourth-order valence-corrected chi connectivity index (χ4v) is 2.01. The molecule has 0 bridgehead atoms. The standard InChI is InChI=1S/C14H19NO5/c1-14(2)19-11(8-16)12(20-14)13(17)15-18-9-10-6-4-3-5-7-10/h3-7,11-12,16H,8-9H2,1-2H3,(H,15,17)/t11-,12-/m1/s1.